The van der Waals surface area contributed by atoms with Crippen LogP contribution in [0, 0.1) is 0 Å². The molecule has 5 heteroatoms. The van der Waals surface area contributed by atoms with Gasteiger partial charge in [0.05, 0.1) is 11.4 Å². The summed E-state index contributed by atoms with van der Waals surface area (Å²) in [5.41, 5.74) is 7.94. The number of hydrogen-bond acceptors (Lipinski definition) is 3. The van der Waals surface area contributed by atoms with Crippen LogP contribution in [0.3, 0.4) is 0 Å². The Morgan fingerprint density at radius 1 is 1.24 bits per heavy atom. The number of amides is 1. The Labute approximate surface area is 129 Å². The van der Waals surface area contributed by atoms with Gasteiger partial charge < -0.3 is 16.0 Å². The quantitative estimate of drug-likeness (QED) is 0.832. The summed E-state index contributed by atoms with van der Waals surface area (Å²) in [6.45, 7) is 0.628. The van der Waals surface area contributed by atoms with Gasteiger partial charge in [-0.25, -0.2) is 0 Å². The van der Waals surface area contributed by atoms with Gasteiger partial charge in [0.2, 0.25) is 5.91 Å². The van der Waals surface area contributed by atoms with Gasteiger partial charge in [-0.1, -0.05) is 29.8 Å². The van der Waals surface area contributed by atoms with E-state index in [0.29, 0.717) is 29.4 Å². The van der Waals surface area contributed by atoms with Crippen LogP contribution in [-0.2, 0) is 4.79 Å². The molecular weight excluding hydrogens is 286 g/mol. The van der Waals surface area contributed by atoms with Crippen LogP contribution < -0.4 is 16.0 Å². The molecule has 0 aliphatic heterocycles. The fraction of sp³-hybridized carbons (Fsp3) is 0.188. The van der Waals surface area contributed by atoms with E-state index in [2.05, 4.69) is 5.32 Å². The first-order valence-corrected chi connectivity index (χ1v) is 7.05. The standard InChI is InChI=1S/C16H18ClN3O/c1-20(13-5-3-2-4-6-13)10-9-16(21)19-15-8-7-12(17)11-14(15)18/h2-8,11H,9-10,18H2,1H3,(H,19,21). The van der Waals surface area contributed by atoms with E-state index in [1.807, 2.05) is 42.3 Å². The van der Waals surface area contributed by atoms with Crippen LogP contribution in [0.1, 0.15) is 6.42 Å². The summed E-state index contributed by atoms with van der Waals surface area (Å²) in [5.74, 6) is -0.0770. The van der Waals surface area contributed by atoms with Crippen molar-refractivity contribution in [3.63, 3.8) is 0 Å². The number of halogens is 1. The van der Waals surface area contributed by atoms with Crippen molar-refractivity contribution in [3.8, 4) is 0 Å². The number of nitrogens with zero attached hydrogens (tertiary/aromatic N) is 1. The highest BCUT2D eigenvalue weighted by Gasteiger charge is 2.07. The smallest absolute Gasteiger partial charge is 0.226 e. The minimum absolute atomic E-state index is 0.0770. The van der Waals surface area contributed by atoms with Gasteiger partial charge in [0.15, 0.2) is 0 Å². The summed E-state index contributed by atoms with van der Waals surface area (Å²) < 4.78 is 0. The van der Waals surface area contributed by atoms with Crippen LogP contribution in [0.4, 0.5) is 17.1 Å². The Kier molecular flexibility index (Phi) is 5.06. The van der Waals surface area contributed by atoms with E-state index >= 15 is 0 Å². The molecule has 21 heavy (non-hydrogen) atoms. The van der Waals surface area contributed by atoms with Crippen molar-refractivity contribution < 1.29 is 4.79 Å². The van der Waals surface area contributed by atoms with E-state index in [1.54, 1.807) is 18.2 Å². The van der Waals surface area contributed by atoms with Gasteiger partial charge in [-0.3, -0.25) is 4.79 Å². The van der Waals surface area contributed by atoms with Crippen LogP contribution in [0.5, 0.6) is 0 Å². The van der Waals surface area contributed by atoms with E-state index < -0.39 is 0 Å². The molecule has 0 heterocycles. The zero-order chi connectivity index (χ0) is 15.2. The average Bonchev–Trinajstić information content (AvgIpc) is 2.48. The van der Waals surface area contributed by atoms with Gasteiger partial charge in [-0.05, 0) is 30.3 Å². The highest BCUT2D eigenvalue weighted by atomic mass is 35.5. The van der Waals surface area contributed by atoms with Crippen LogP contribution in [0.2, 0.25) is 5.02 Å². The SMILES string of the molecule is CN(CCC(=O)Nc1ccc(Cl)cc1N)c1ccccc1. The molecule has 0 saturated heterocycles. The maximum absolute atomic E-state index is 12.0. The van der Waals surface area contributed by atoms with Crippen molar-refractivity contribution in [3.05, 3.63) is 53.6 Å². The molecule has 2 rings (SSSR count). The van der Waals surface area contributed by atoms with Gasteiger partial charge in [0.1, 0.15) is 0 Å². The third-order valence-corrected chi connectivity index (χ3v) is 3.39. The first-order chi connectivity index (χ1) is 10.1. The van der Waals surface area contributed by atoms with Crippen molar-refractivity contribution in [2.75, 3.05) is 29.5 Å². The number of nitrogens with one attached hydrogen (secondary N) is 1. The van der Waals surface area contributed by atoms with E-state index in [0.717, 1.165) is 5.69 Å². The molecule has 0 atom stereocenters. The van der Waals surface area contributed by atoms with Crippen LogP contribution in [0.25, 0.3) is 0 Å². The summed E-state index contributed by atoms with van der Waals surface area (Å²) in [5, 5.41) is 3.35. The number of nitrogens with two attached hydrogens (primary N) is 1. The molecule has 0 bridgehead atoms. The van der Waals surface area contributed by atoms with Gasteiger partial charge in [-0.15, -0.1) is 0 Å². The summed E-state index contributed by atoms with van der Waals surface area (Å²) in [6, 6.07) is 14.9. The number of nitrogen functional groups attached to an aromatic ring is 1. The second kappa shape index (κ2) is 6.99. The molecule has 4 nitrogen and oxygen atoms in total. The van der Waals surface area contributed by atoms with Crippen molar-refractivity contribution in [1.82, 2.24) is 0 Å². The molecule has 0 fully saturated rings. The highest BCUT2D eigenvalue weighted by molar-refractivity contribution is 6.31. The lowest BCUT2D eigenvalue weighted by atomic mass is 10.2. The number of hydrogen-bond donors (Lipinski definition) is 2. The number of carbonyl (C=O) groups is 1. The molecule has 0 radical (unpaired) electrons. The maximum Gasteiger partial charge on any atom is 0.226 e. The van der Waals surface area contributed by atoms with E-state index in [4.69, 9.17) is 17.3 Å². The molecular formula is C16H18ClN3O. The van der Waals surface area contributed by atoms with Gasteiger partial charge in [0.25, 0.3) is 0 Å². The Balaban J connectivity index is 1.87. The Bertz CT molecular complexity index is 616. The monoisotopic (exact) mass is 303 g/mol. The third kappa shape index (κ3) is 4.39. The van der Waals surface area contributed by atoms with Crippen molar-refractivity contribution in [2.45, 2.75) is 6.42 Å². The second-order valence-corrected chi connectivity index (χ2v) is 5.22. The lowest BCUT2D eigenvalue weighted by molar-refractivity contribution is -0.116. The topological polar surface area (TPSA) is 58.4 Å². The Morgan fingerprint density at radius 3 is 2.62 bits per heavy atom. The molecule has 0 unspecified atom stereocenters. The number of rotatable bonds is 5. The Morgan fingerprint density at radius 2 is 1.95 bits per heavy atom. The largest absolute Gasteiger partial charge is 0.397 e. The average molecular weight is 304 g/mol. The minimum Gasteiger partial charge on any atom is -0.397 e. The lowest BCUT2D eigenvalue weighted by Crippen LogP contribution is -2.24. The first-order valence-electron chi connectivity index (χ1n) is 6.67. The molecule has 2 aromatic rings. The molecule has 0 aromatic heterocycles. The lowest BCUT2D eigenvalue weighted by Gasteiger charge is -2.19. The Hall–Kier alpha value is -2.20. The summed E-state index contributed by atoms with van der Waals surface area (Å²) in [4.78, 5) is 14.0. The van der Waals surface area contributed by atoms with Crippen LogP contribution >= 0.6 is 11.6 Å². The molecule has 2 aromatic carbocycles. The van der Waals surface area contributed by atoms with Crippen molar-refractivity contribution in [2.24, 2.45) is 0 Å². The van der Waals surface area contributed by atoms with Crippen molar-refractivity contribution in [1.29, 1.82) is 0 Å². The number of carbonyl (C=O) groups excluding carboxylic acids is 1. The zero-order valence-corrected chi connectivity index (χ0v) is 12.6. The minimum atomic E-state index is -0.0770. The van der Waals surface area contributed by atoms with Gasteiger partial charge in [-0.2, -0.15) is 0 Å². The first kappa shape index (κ1) is 15.2. The predicted octanol–water partition coefficient (Wildman–Crippen LogP) is 3.39. The van der Waals surface area contributed by atoms with Crippen molar-refractivity contribution >= 4 is 34.6 Å². The fourth-order valence-corrected chi connectivity index (χ4v) is 2.12. The summed E-state index contributed by atoms with van der Waals surface area (Å²) >= 11 is 5.82. The second-order valence-electron chi connectivity index (χ2n) is 4.79. The van der Waals surface area contributed by atoms with E-state index in [9.17, 15) is 4.79 Å². The normalized spacial score (nSPS) is 10.2. The number of benzene rings is 2. The van der Waals surface area contributed by atoms with Gasteiger partial charge >= 0.3 is 0 Å². The van der Waals surface area contributed by atoms with Gasteiger partial charge in [0, 0.05) is 30.7 Å². The fourth-order valence-electron chi connectivity index (χ4n) is 1.94. The molecule has 0 aliphatic rings. The molecule has 0 spiro atoms. The molecule has 1 amide bonds. The van der Waals surface area contributed by atoms with Crippen LogP contribution in [-0.4, -0.2) is 19.5 Å². The van der Waals surface area contributed by atoms with Crippen LogP contribution in [0.15, 0.2) is 48.5 Å². The number of anilines is 3. The molecule has 0 aliphatic carbocycles. The molecule has 110 valence electrons. The summed E-state index contributed by atoms with van der Waals surface area (Å²) in [6.07, 6.45) is 0.382. The maximum atomic E-state index is 12.0. The summed E-state index contributed by atoms with van der Waals surface area (Å²) in [7, 11) is 1.96. The number of para-hydroxylation sites is 1. The highest BCUT2D eigenvalue weighted by Crippen LogP contribution is 2.22. The molecule has 0 saturated carbocycles. The third-order valence-electron chi connectivity index (χ3n) is 3.16. The predicted molar refractivity (Wildman–Crippen MR) is 88.8 cm³/mol. The molecule has 3 N–H and O–H groups in total. The van der Waals surface area contributed by atoms with E-state index in [-0.39, 0.29) is 5.91 Å². The van der Waals surface area contributed by atoms with E-state index in [1.165, 1.54) is 0 Å². The zero-order valence-electron chi connectivity index (χ0n) is 11.8.